The van der Waals surface area contributed by atoms with Gasteiger partial charge in [-0.2, -0.15) is 0 Å². The molecular weight excluding hydrogens is 402 g/mol. The molecule has 0 N–H and O–H groups in total. The highest BCUT2D eigenvalue weighted by Crippen LogP contribution is 2.27. The number of anilines is 1. The first-order valence-electron chi connectivity index (χ1n) is 10.5. The zero-order valence-corrected chi connectivity index (χ0v) is 18.3. The SMILES string of the molecule is Cc1cccc(N2CCN(C(=O)c3cnc(OC4CCOCC4)c(Cl)c3)CC2)c1C. The van der Waals surface area contributed by atoms with Crippen LogP contribution in [0.1, 0.15) is 34.3 Å². The average molecular weight is 430 g/mol. The van der Waals surface area contributed by atoms with Crippen molar-refractivity contribution in [2.45, 2.75) is 32.8 Å². The van der Waals surface area contributed by atoms with Crippen LogP contribution < -0.4 is 9.64 Å². The van der Waals surface area contributed by atoms with E-state index in [1.165, 1.54) is 16.8 Å². The first-order valence-corrected chi connectivity index (χ1v) is 10.9. The van der Waals surface area contributed by atoms with Crippen molar-refractivity contribution in [2.24, 2.45) is 0 Å². The first-order chi connectivity index (χ1) is 14.5. The lowest BCUT2D eigenvalue weighted by Crippen LogP contribution is -2.49. The van der Waals surface area contributed by atoms with Crippen LogP contribution in [0.4, 0.5) is 5.69 Å². The van der Waals surface area contributed by atoms with Gasteiger partial charge < -0.3 is 19.3 Å². The van der Waals surface area contributed by atoms with Crippen molar-refractivity contribution in [2.75, 3.05) is 44.3 Å². The number of benzene rings is 1. The average Bonchev–Trinajstić information content (AvgIpc) is 2.77. The van der Waals surface area contributed by atoms with Crippen LogP contribution in [-0.2, 0) is 4.74 Å². The second-order valence-electron chi connectivity index (χ2n) is 7.94. The van der Waals surface area contributed by atoms with E-state index >= 15 is 0 Å². The van der Waals surface area contributed by atoms with Crippen molar-refractivity contribution in [3.8, 4) is 5.88 Å². The number of piperazine rings is 1. The molecule has 30 heavy (non-hydrogen) atoms. The van der Waals surface area contributed by atoms with Crippen LogP contribution >= 0.6 is 11.6 Å². The van der Waals surface area contributed by atoms with Gasteiger partial charge in [-0.15, -0.1) is 0 Å². The van der Waals surface area contributed by atoms with E-state index in [-0.39, 0.29) is 12.0 Å². The predicted octanol–water partition coefficient (Wildman–Crippen LogP) is 3.87. The van der Waals surface area contributed by atoms with Crippen molar-refractivity contribution in [1.29, 1.82) is 0 Å². The summed E-state index contributed by atoms with van der Waals surface area (Å²) in [6.07, 6.45) is 3.27. The molecule has 0 atom stereocenters. The number of pyridine rings is 1. The van der Waals surface area contributed by atoms with Gasteiger partial charge in [0.05, 0.1) is 18.8 Å². The van der Waals surface area contributed by atoms with Gasteiger partial charge in [0, 0.05) is 50.9 Å². The van der Waals surface area contributed by atoms with Crippen LogP contribution in [0.15, 0.2) is 30.5 Å². The van der Waals surface area contributed by atoms with Crippen LogP contribution in [0.2, 0.25) is 5.02 Å². The molecule has 1 amide bonds. The molecule has 1 aromatic carbocycles. The maximum Gasteiger partial charge on any atom is 0.255 e. The summed E-state index contributed by atoms with van der Waals surface area (Å²) < 4.78 is 11.2. The quantitative estimate of drug-likeness (QED) is 0.738. The number of nitrogens with zero attached hydrogens (tertiary/aromatic N) is 3. The van der Waals surface area contributed by atoms with Crippen molar-refractivity contribution in [3.05, 3.63) is 52.2 Å². The van der Waals surface area contributed by atoms with Gasteiger partial charge >= 0.3 is 0 Å². The van der Waals surface area contributed by atoms with Crippen molar-refractivity contribution in [3.63, 3.8) is 0 Å². The first kappa shape index (κ1) is 20.9. The number of ether oxygens (including phenoxy) is 2. The molecule has 2 aromatic rings. The molecule has 160 valence electrons. The molecule has 2 aliphatic heterocycles. The monoisotopic (exact) mass is 429 g/mol. The summed E-state index contributed by atoms with van der Waals surface area (Å²) in [6, 6.07) is 8.04. The van der Waals surface area contributed by atoms with E-state index in [4.69, 9.17) is 21.1 Å². The maximum absolute atomic E-state index is 13.0. The third kappa shape index (κ3) is 4.55. The lowest BCUT2D eigenvalue weighted by molar-refractivity contribution is 0.0238. The standard InChI is InChI=1S/C23H28ClN3O3/c1-16-4-3-5-21(17(16)2)26-8-10-27(11-9-26)23(28)18-14-20(24)22(25-15-18)30-19-6-12-29-13-7-19/h3-5,14-15,19H,6-13H2,1-2H3. The summed E-state index contributed by atoms with van der Waals surface area (Å²) in [5, 5.41) is 0.376. The Kier molecular flexibility index (Phi) is 6.44. The van der Waals surface area contributed by atoms with Gasteiger partial charge in [0.15, 0.2) is 0 Å². The molecule has 4 rings (SSSR count). The Morgan fingerprint density at radius 3 is 2.60 bits per heavy atom. The Labute approximate surface area is 182 Å². The van der Waals surface area contributed by atoms with E-state index in [0.29, 0.717) is 42.8 Å². The molecule has 0 unspecified atom stereocenters. The van der Waals surface area contributed by atoms with E-state index < -0.39 is 0 Å². The Morgan fingerprint density at radius 2 is 1.90 bits per heavy atom. The second-order valence-corrected chi connectivity index (χ2v) is 8.35. The molecule has 2 aliphatic rings. The van der Waals surface area contributed by atoms with E-state index in [0.717, 1.165) is 25.9 Å². The van der Waals surface area contributed by atoms with Crippen LogP contribution in [0.25, 0.3) is 0 Å². The summed E-state index contributed by atoms with van der Waals surface area (Å²) >= 11 is 6.37. The number of carbonyl (C=O) groups is 1. The van der Waals surface area contributed by atoms with Crippen LogP contribution in [-0.4, -0.2) is 61.3 Å². The zero-order chi connectivity index (χ0) is 21.1. The second kappa shape index (κ2) is 9.23. The van der Waals surface area contributed by atoms with E-state index in [1.54, 1.807) is 12.3 Å². The van der Waals surface area contributed by atoms with Gasteiger partial charge in [0.1, 0.15) is 11.1 Å². The fraction of sp³-hybridized carbons (Fsp3) is 0.478. The van der Waals surface area contributed by atoms with Gasteiger partial charge in [-0.1, -0.05) is 23.7 Å². The number of rotatable bonds is 4. The molecule has 0 radical (unpaired) electrons. The number of hydrogen-bond donors (Lipinski definition) is 0. The topological polar surface area (TPSA) is 54.9 Å². The Balaban J connectivity index is 1.38. The van der Waals surface area contributed by atoms with E-state index in [1.807, 2.05) is 4.90 Å². The number of halogens is 1. The number of carbonyl (C=O) groups excluding carboxylic acids is 1. The largest absolute Gasteiger partial charge is 0.473 e. The molecule has 2 fully saturated rings. The number of amides is 1. The van der Waals surface area contributed by atoms with Gasteiger partial charge in [-0.25, -0.2) is 4.98 Å². The van der Waals surface area contributed by atoms with Gasteiger partial charge in [0.25, 0.3) is 5.91 Å². The minimum atomic E-state index is -0.0392. The number of hydrogen-bond acceptors (Lipinski definition) is 5. The van der Waals surface area contributed by atoms with Crippen molar-refractivity contribution < 1.29 is 14.3 Å². The minimum Gasteiger partial charge on any atom is -0.473 e. The van der Waals surface area contributed by atoms with Crippen LogP contribution in [0.5, 0.6) is 5.88 Å². The lowest BCUT2D eigenvalue weighted by Gasteiger charge is -2.37. The molecule has 7 heteroatoms. The molecule has 0 saturated carbocycles. The summed E-state index contributed by atoms with van der Waals surface area (Å²) in [4.78, 5) is 21.5. The van der Waals surface area contributed by atoms with E-state index in [9.17, 15) is 4.79 Å². The summed E-state index contributed by atoms with van der Waals surface area (Å²) in [6.45, 7) is 8.61. The van der Waals surface area contributed by atoms with Crippen molar-refractivity contribution >= 4 is 23.2 Å². The number of aryl methyl sites for hydroxylation is 1. The normalized spacial score (nSPS) is 17.8. The highest BCUT2D eigenvalue weighted by atomic mass is 35.5. The lowest BCUT2D eigenvalue weighted by atomic mass is 10.1. The molecule has 3 heterocycles. The molecular formula is C23H28ClN3O3. The Hall–Kier alpha value is -2.31. The van der Waals surface area contributed by atoms with Crippen LogP contribution in [0, 0.1) is 13.8 Å². The molecule has 6 nitrogen and oxygen atoms in total. The van der Waals surface area contributed by atoms with Gasteiger partial charge in [0.2, 0.25) is 5.88 Å². The third-order valence-corrected chi connectivity index (χ3v) is 6.26. The van der Waals surface area contributed by atoms with E-state index in [2.05, 4.69) is 41.9 Å². The molecule has 0 spiro atoms. The molecule has 0 aliphatic carbocycles. The summed E-state index contributed by atoms with van der Waals surface area (Å²) in [7, 11) is 0. The molecule has 1 aromatic heterocycles. The molecule has 2 saturated heterocycles. The smallest absolute Gasteiger partial charge is 0.255 e. The van der Waals surface area contributed by atoms with Crippen molar-refractivity contribution in [1.82, 2.24) is 9.88 Å². The zero-order valence-electron chi connectivity index (χ0n) is 17.6. The van der Waals surface area contributed by atoms with Gasteiger partial charge in [-0.05, 0) is 37.1 Å². The fourth-order valence-corrected chi connectivity index (χ4v) is 4.20. The third-order valence-electron chi connectivity index (χ3n) is 5.98. The Morgan fingerprint density at radius 1 is 1.17 bits per heavy atom. The molecule has 0 bridgehead atoms. The maximum atomic E-state index is 13.0. The minimum absolute atomic E-state index is 0.0392. The fourth-order valence-electron chi connectivity index (χ4n) is 3.99. The number of aromatic nitrogens is 1. The predicted molar refractivity (Wildman–Crippen MR) is 118 cm³/mol. The summed E-state index contributed by atoms with van der Waals surface area (Å²) in [5.74, 6) is 0.350. The Bertz CT molecular complexity index is 907. The highest BCUT2D eigenvalue weighted by Gasteiger charge is 2.25. The summed E-state index contributed by atoms with van der Waals surface area (Å²) in [5.41, 5.74) is 4.34. The van der Waals surface area contributed by atoms with Crippen LogP contribution in [0.3, 0.4) is 0 Å². The van der Waals surface area contributed by atoms with Gasteiger partial charge in [-0.3, -0.25) is 4.79 Å². The highest BCUT2D eigenvalue weighted by molar-refractivity contribution is 6.32.